The van der Waals surface area contributed by atoms with Crippen LogP contribution >= 0.6 is 0 Å². The summed E-state index contributed by atoms with van der Waals surface area (Å²) in [5, 5.41) is 9.72. The Morgan fingerprint density at radius 1 is 1.41 bits per heavy atom. The van der Waals surface area contributed by atoms with Gasteiger partial charge in [0.1, 0.15) is 0 Å². The Morgan fingerprint density at radius 2 is 2.05 bits per heavy atom. The Kier molecular flexibility index (Phi) is 4.98. The minimum atomic E-state index is 0.168. The highest BCUT2D eigenvalue weighted by atomic mass is 16.1. The number of aromatic amines is 1. The second-order valence-corrected chi connectivity index (χ2v) is 8.16. The number of hydrogen-bond acceptors (Lipinski definition) is 2. The van der Waals surface area contributed by atoms with Crippen LogP contribution in [0.5, 0.6) is 0 Å². The minimum Gasteiger partial charge on any atom is -0.352 e. The highest BCUT2D eigenvalue weighted by Gasteiger charge is 2.47. The summed E-state index contributed by atoms with van der Waals surface area (Å²) in [5.41, 5.74) is 1.67. The van der Waals surface area contributed by atoms with Gasteiger partial charge in [-0.1, -0.05) is 34.6 Å². The van der Waals surface area contributed by atoms with Crippen LogP contribution in [0.3, 0.4) is 0 Å². The first-order valence-electron chi connectivity index (χ1n) is 8.51. The molecule has 0 radical (unpaired) electrons. The third-order valence-corrected chi connectivity index (χ3v) is 5.87. The maximum absolute atomic E-state index is 12.4. The van der Waals surface area contributed by atoms with Gasteiger partial charge in [0.05, 0.1) is 6.20 Å². The molecule has 2 N–H and O–H groups in total. The Hall–Kier alpha value is -1.32. The molecule has 1 aromatic heterocycles. The molecule has 124 valence electrons. The summed E-state index contributed by atoms with van der Waals surface area (Å²) < 4.78 is 0. The monoisotopic (exact) mass is 305 g/mol. The molecule has 0 atom stereocenters. The first-order valence-corrected chi connectivity index (χ1v) is 8.51. The van der Waals surface area contributed by atoms with E-state index in [1.165, 1.54) is 0 Å². The number of nitrogens with one attached hydrogen (secondary N) is 2. The van der Waals surface area contributed by atoms with Crippen LogP contribution in [0, 0.1) is 22.7 Å². The third-order valence-electron chi connectivity index (χ3n) is 5.87. The van der Waals surface area contributed by atoms with Gasteiger partial charge >= 0.3 is 0 Å². The zero-order chi connectivity index (χ0) is 16.4. The van der Waals surface area contributed by atoms with E-state index in [0.29, 0.717) is 23.3 Å². The van der Waals surface area contributed by atoms with Gasteiger partial charge in [-0.15, -0.1) is 0 Å². The lowest BCUT2D eigenvalue weighted by Gasteiger charge is -2.52. The molecule has 0 saturated heterocycles. The van der Waals surface area contributed by atoms with Gasteiger partial charge in [0.2, 0.25) is 5.91 Å². The van der Waals surface area contributed by atoms with Crippen LogP contribution in [0.1, 0.15) is 65.9 Å². The molecule has 0 aliphatic heterocycles. The smallest absolute Gasteiger partial charge is 0.223 e. The molecule has 1 heterocycles. The second-order valence-electron chi connectivity index (χ2n) is 8.16. The zero-order valence-electron chi connectivity index (χ0n) is 14.7. The van der Waals surface area contributed by atoms with Crippen molar-refractivity contribution in [1.82, 2.24) is 15.5 Å². The van der Waals surface area contributed by atoms with Crippen LogP contribution in [0.15, 0.2) is 12.4 Å². The average molecular weight is 305 g/mol. The standard InChI is InChI=1S/C18H31N3O/c1-13(2)18(17(3,4)5)8-6-15(7-9-18)16(22)19-10-14-11-20-21-12-14/h11-13,15H,6-10H2,1-5H3,(H,19,22)(H,20,21). The first-order chi connectivity index (χ1) is 10.3. The van der Waals surface area contributed by atoms with E-state index in [2.05, 4.69) is 50.1 Å². The molecule has 22 heavy (non-hydrogen) atoms. The van der Waals surface area contributed by atoms with Gasteiger partial charge in [0.25, 0.3) is 0 Å². The summed E-state index contributed by atoms with van der Waals surface area (Å²) >= 11 is 0. The van der Waals surface area contributed by atoms with Crippen LogP contribution in [0.4, 0.5) is 0 Å². The van der Waals surface area contributed by atoms with Crippen molar-refractivity contribution in [2.75, 3.05) is 0 Å². The number of carbonyl (C=O) groups excluding carboxylic acids is 1. The Labute approximate surface area is 134 Å². The molecule has 1 fully saturated rings. The van der Waals surface area contributed by atoms with Gasteiger partial charge in [-0.2, -0.15) is 5.10 Å². The van der Waals surface area contributed by atoms with Crippen molar-refractivity contribution in [2.45, 2.75) is 66.8 Å². The van der Waals surface area contributed by atoms with E-state index in [1.807, 2.05) is 6.20 Å². The molecule has 2 rings (SSSR count). The summed E-state index contributed by atoms with van der Waals surface area (Å²) in [6.07, 6.45) is 7.89. The van der Waals surface area contributed by atoms with Crippen LogP contribution in [0.25, 0.3) is 0 Å². The van der Waals surface area contributed by atoms with E-state index in [4.69, 9.17) is 0 Å². The highest BCUT2D eigenvalue weighted by molar-refractivity contribution is 5.78. The maximum Gasteiger partial charge on any atom is 0.223 e. The highest BCUT2D eigenvalue weighted by Crippen LogP contribution is 2.55. The van der Waals surface area contributed by atoms with Gasteiger partial charge in [-0.3, -0.25) is 9.89 Å². The number of hydrogen-bond donors (Lipinski definition) is 2. The largest absolute Gasteiger partial charge is 0.352 e. The molecule has 0 unspecified atom stereocenters. The Bertz CT molecular complexity index is 477. The summed E-state index contributed by atoms with van der Waals surface area (Å²) in [5.74, 6) is 1.02. The molecular weight excluding hydrogens is 274 g/mol. The number of amides is 1. The normalized spacial score (nSPS) is 26.2. The molecule has 0 bridgehead atoms. The Morgan fingerprint density at radius 3 is 2.50 bits per heavy atom. The summed E-state index contributed by atoms with van der Waals surface area (Å²) in [4.78, 5) is 12.4. The molecular formula is C18H31N3O. The lowest BCUT2D eigenvalue weighted by Crippen LogP contribution is -2.45. The topological polar surface area (TPSA) is 57.8 Å². The number of aromatic nitrogens is 2. The quantitative estimate of drug-likeness (QED) is 0.886. The molecule has 4 nitrogen and oxygen atoms in total. The molecule has 1 aliphatic rings. The van der Waals surface area contributed by atoms with E-state index in [9.17, 15) is 4.79 Å². The predicted octanol–water partition coefficient (Wildman–Crippen LogP) is 3.90. The number of H-pyrrole nitrogens is 1. The van der Waals surface area contributed by atoms with Crippen molar-refractivity contribution < 1.29 is 4.79 Å². The average Bonchev–Trinajstić information content (AvgIpc) is 2.96. The van der Waals surface area contributed by atoms with E-state index in [-0.39, 0.29) is 11.8 Å². The zero-order valence-corrected chi connectivity index (χ0v) is 14.7. The van der Waals surface area contributed by atoms with Crippen molar-refractivity contribution in [1.29, 1.82) is 0 Å². The van der Waals surface area contributed by atoms with Gasteiger partial charge in [0.15, 0.2) is 0 Å². The van der Waals surface area contributed by atoms with E-state index >= 15 is 0 Å². The van der Waals surface area contributed by atoms with Gasteiger partial charge < -0.3 is 5.32 Å². The lowest BCUT2D eigenvalue weighted by molar-refractivity contribution is -0.128. The first kappa shape index (κ1) is 17.0. The van der Waals surface area contributed by atoms with E-state index < -0.39 is 0 Å². The molecule has 1 aromatic rings. The van der Waals surface area contributed by atoms with Gasteiger partial charge in [-0.05, 0) is 42.4 Å². The summed E-state index contributed by atoms with van der Waals surface area (Å²) in [7, 11) is 0. The van der Waals surface area contributed by atoms with Crippen molar-refractivity contribution in [2.24, 2.45) is 22.7 Å². The fraction of sp³-hybridized carbons (Fsp3) is 0.778. The molecule has 0 aromatic carbocycles. The van der Waals surface area contributed by atoms with Gasteiger partial charge in [-0.25, -0.2) is 0 Å². The summed E-state index contributed by atoms with van der Waals surface area (Å²) in [6.45, 7) is 12.3. The van der Waals surface area contributed by atoms with E-state index in [0.717, 1.165) is 31.2 Å². The number of nitrogens with zero attached hydrogens (tertiary/aromatic N) is 1. The van der Waals surface area contributed by atoms with Crippen LogP contribution < -0.4 is 5.32 Å². The third kappa shape index (κ3) is 3.36. The molecule has 1 amide bonds. The maximum atomic E-state index is 12.4. The number of carbonyl (C=O) groups is 1. The summed E-state index contributed by atoms with van der Waals surface area (Å²) in [6, 6.07) is 0. The van der Waals surface area contributed by atoms with Crippen LogP contribution in [-0.4, -0.2) is 16.1 Å². The molecule has 4 heteroatoms. The molecule has 1 aliphatic carbocycles. The fourth-order valence-corrected chi connectivity index (χ4v) is 4.30. The number of rotatable bonds is 4. The van der Waals surface area contributed by atoms with Crippen molar-refractivity contribution in [3.05, 3.63) is 18.0 Å². The molecule has 1 saturated carbocycles. The van der Waals surface area contributed by atoms with Crippen molar-refractivity contribution >= 4 is 5.91 Å². The molecule has 0 spiro atoms. The lowest BCUT2D eigenvalue weighted by atomic mass is 9.53. The SMILES string of the molecule is CC(C)C1(C(C)(C)C)CCC(C(=O)NCc2cn[nH]c2)CC1. The second kappa shape index (κ2) is 6.43. The van der Waals surface area contributed by atoms with Crippen LogP contribution in [-0.2, 0) is 11.3 Å². The van der Waals surface area contributed by atoms with Gasteiger partial charge in [0, 0.05) is 24.2 Å². The fourth-order valence-electron chi connectivity index (χ4n) is 4.30. The Balaban J connectivity index is 1.92. The predicted molar refractivity (Wildman–Crippen MR) is 89.1 cm³/mol. The van der Waals surface area contributed by atoms with E-state index in [1.54, 1.807) is 6.20 Å². The van der Waals surface area contributed by atoms with Crippen molar-refractivity contribution in [3.63, 3.8) is 0 Å². The van der Waals surface area contributed by atoms with Crippen molar-refractivity contribution in [3.8, 4) is 0 Å². The minimum absolute atomic E-state index is 0.168. The van der Waals surface area contributed by atoms with Crippen LogP contribution in [0.2, 0.25) is 0 Å².